The van der Waals surface area contributed by atoms with Crippen molar-refractivity contribution in [1.29, 1.82) is 0 Å². The van der Waals surface area contributed by atoms with E-state index in [9.17, 15) is 14.4 Å². The van der Waals surface area contributed by atoms with Crippen LogP contribution in [0.5, 0.6) is 0 Å². The first-order valence-electron chi connectivity index (χ1n) is 26.4. The highest BCUT2D eigenvalue weighted by atomic mass is 16.6. The second-order valence-electron chi connectivity index (χ2n) is 17.4. The molecule has 0 bridgehead atoms. The molecule has 0 aliphatic carbocycles. The molecule has 1 unspecified atom stereocenters. The van der Waals surface area contributed by atoms with Crippen molar-refractivity contribution in [2.45, 2.75) is 258 Å². The topological polar surface area (TPSA) is 78.9 Å². The van der Waals surface area contributed by atoms with Gasteiger partial charge in [0.25, 0.3) is 0 Å². The number of ether oxygens (including phenoxy) is 3. The molecule has 0 amide bonds. The Morgan fingerprint density at radius 2 is 0.651 bits per heavy atom. The third kappa shape index (κ3) is 49.7. The Bertz CT molecular complexity index is 1190. The average Bonchev–Trinajstić information content (AvgIpc) is 3.28. The Labute approximate surface area is 389 Å². The number of carbonyl (C=O) groups is 3. The van der Waals surface area contributed by atoms with Gasteiger partial charge < -0.3 is 14.2 Å². The van der Waals surface area contributed by atoms with Gasteiger partial charge in [-0.1, -0.05) is 203 Å². The molecule has 0 aliphatic rings. The molecule has 0 heterocycles. The number of esters is 3. The molecule has 362 valence electrons. The van der Waals surface area contributed by atoms with Crippen LogP contribution in [0.25, 0.3) is 0 Å². The first-order valence-corrected chi connectivity index (χ1v) is 26.4. The van der Waals surface area contributed by atoms with Crippen molar-refractivity contribution < 1.29 is 28.6 Å². The van der Waals surface area contributed by atoms with Crippen LogP contribution in [0.1, 0.15) is 252 Å². The molecule has 0 spiro atoms. The summed E-state index contributed by atoms with van der Waals surface area (Å²) in [5.74, 6) is -0.918. The first-order chi connectivity index (χ1) is 31.0. The van der Waals surface area contributed by atoms with Crippen molar-refractivity contribution in [3.8, 4) is 0 Å². The molecule has 0 aromatic heterocycles. The molecule has 6 nitrogen and oxygen atoms in total. The molecule has 0 N–H and O–H groups in total. The fourth-order valence-corrected chi connectivity index (χ4v) is 7.19. The molecule has 0 aliphatic heterocycles. The molecule has 0 fully saturated rings. The highest BCUT2D eigenvalue weighted by Gasteiger charge is 2.19. The van der Waals surface area contributed by atoms with Crippen LogP contribution in [0.15, 0.2) is 72.9 Å². The number of allylic oxidation sites excluding steroid dienone is 12. The van der Waals surface area contributed by atoms with Crippen molar-refractivity contribution in [1.82, 2.24) is 0 Å². The smallest absolute Gasteiger partial charge is 0.306 e. The van der Waals surface area contributed by atoms with Gasteiger partial charge in [-0.15, -0.1) is 0 Å². The lowest BCUT2D eigenvalue weighted by Crippen LogP contribution is -2.30. The Morgan fingerprint density at radius 1 is 0.333 bits per heavy atom. The maximum absolute atomic E-state index is 12.8. The van der Waals surface area contributed by atoms with Gasteiger partial charge in [-0.2, -0.15) is 0 Å². The average molecular weight is 879 g/mol. The molecule has 0 aromatic carbocycles. The van der Waals surface area contributed by atoms with Crippen LogP contribution in [-0.2, 0) is 28.6 Å². The van der Waals surface area contributed by atoms with Crippen LogP contribution in [0.3, 0.4) is 0 Å². The zero-order valence-corrected chi connectivity index (χ0v) is 41.3. The van der Waals surface area contributed by atoms with Gasteiger partial charge in [0.1, 0.15) is 13.2 Å². The second-order valence-corrected chi connectivity index (χ2v) is 17.4. The normalized spacial score (nSPS) is 12.6. The minimum Gasteiger partial charge on any atom is -0.462 e. The van der Waals surface area contributed by atoms with Gasteiger partial charge in [-0.05, 0) is 103 Å². The number of carbonyl (C=O) groups excluding carboxylic acids is 3. The summed E-state index contributed by atoms with van der Waals surface area (Å²) >= 11 is 0. The number of hydrogen-bond donors (Lipinski definition) is 0. The zero-order valence-electron chi connectivity index (χ0n) is 41.3. The van der Waals surface area contributed by atoms with E-state index < -0.39 is 6.10 Å². The summed E-state index contributed by atoms with van der Waals surface area (Å²) in [6.07, 6.45) is 64.5. The highest BCUT2D eigenvalue weighted by molar-refractivity contribution is 5.71. The minimum atomic E-state index is -0.789. The Kier molecular flexibility index (Phi) is 48.9. The maximum atomic E-state index is 12.8. The third-order valence-corrected chi connectivity index (χ3v) is 11.1. The van der Waals surface area contributed by atoms with E-state index in [0.29, 0.717) is 19.3 Å². The fourth-order valence-electron chi connectivity index (χ4n) is 7.19. The van der Waals surface area contributed by atoms with Gasteiger partial charge >= 0.3 is 17.9 Å². The van der Waals surface area contributed by atoms with Crippen LogP contribution < -0.4 is 0 Å². The molecule has 1 atom stereocenters. The Hall–Kier alpha value is -3.15. The van der Waals surface area contributed by atoms with Crippen LogP contribution in [-0.4, -0.2) is 37.2 Å². The number of hydrogen-bond acceptors (Lipinski definition) is 6. The largest absolute Gasteiger partial charge is 0.462 e. The van der Waals surface area contributed by atoms with Gasteiger partial charge in [-0.3, -0.25) is 14.4 Å². The molecule has 63 heavy (non-hydrogen) atoms. The van der Waals surface area contributed by atoms with Crippen LogP contribution >= 0.6 is 0 Å². The lowest BCUT2D eigenvalue weighted by Gasteiger charge is -2.18. The Morgan fingerprint density at radius 3 is 1.05 bits per heavy atom. The first kappa shape index (κ1) is 59.9. The number of unbranched alkanes of at least 4 members (excludes halogenated alkanes) is 24. The summed E-state index contributed by atoms with van der Waals surface area (Å²) in [6, 6.07) is 0. The van der Waals surface area contributed by atoms with E-state index in [4.69, 9.17) is 14.2 Å². The van der Waals surface area contributed by atoms with Crippen LogP contribution in [0.2, 0.25) is 0 Å². The van der Waals surface area contributed by atoms with E-state index in [1.54, 1.807) is 0 Å². The molecule has 0 aromatic rings. The van der Waals surface area contributed by atoms with Crippen LogP contribution in [0.4, 0.5) is 0 Å². The lowest BCUT2D eigenvalue weighted by molar-refractivity contribution is -0.167. The van der Waals surface area contributed by atoms with Crippen molar-refractivity contribution >= 4 is 17.9 Å². The van der Waals surface area contributed by atoms with Crippen molar-refractivity contribution in [3.63, 3.8) is 0 Å². The van der Waals surface area contributed by atoms with Crippen molar-refractivity contribution in [3.05, 3.63) is 72.9 Å². The Balaban J connectivity index is 4.42. The predicted molar refractivity (Wildman–Crippen MR) is 270 cm³/mol. The summed E-state index contributed by atoms with van der Waals surface area (Å²) in [7, 11) is 0. The van der Waals surface area contributed by atoms with E-state index in [1.165, 1.54) is 83.5 Å². The third-order valence-electron chi connectivity index (χ3n) is 11.1. The zero-order chi connectivity index (χ0) is 45.8. The van der Waals surface area contributed by atoms with Gasteiger partial charge in [0.05, 0.1) is 0 Å². The minimum absolute atomic E-state index is 0.0886. The van der Waals surface area contributed by atoms with Crippen molar-refractivity contribution in [2.75, 3.05) is 13.2 Å². The van der Waals surface area contributed by atoms with E-state index >= 15 is 0 Å². The molecule has 6 heteroatoms. The molecule has 0 saturated carbocycles. The van der Waals surface area contributed by atoms with Gasteiger partial charge in [0.2, 0.25) is 0 Å². The van der Waals surface area contributed by atoms with Gasteiger partial charge in [0.15, 0.2) is 6.10 Å². The summed E-state index contributed by atoms with van der Waals surface area (Å²) in [6.45, 7) is 6.44. The summed E-state index contributed by atoms with van der Waals surface area (Å²) < 4.78 is 16.8. The van der Waals surface area contributed by atoms with E-state index in [-0.39, 0.29) is 31.1 Å². The lowest BCUT2D eigenvalue weighted by atomic mass is 10.1. The fraction of sp³-hybridized carbons (Fsp3) is 0.737. The second kappa shape index (κ2) is 51.5. The van der Waals surface area contributed by atoms with E-state index in [0.717, 1.165) is 128 Å². The number of rotatable bonds is 47. The summed E-state index contributed by atoms with van der Waals surface area (Å²) in [4.78, 5) is 38.0. The van der Waals surface area contributed by atoms with Crippen LogP contribution in [0, 0.1) is 0 Å². The quantitative estimate of drug-likeness (QED) is 0.0262. The van der Waals surface area contributed by atoms with Crippen molar-refractivity contribution in [2.24, 2.45) is 0 Å². The molecular weight excluding hydrogens is 781 g/mol. The maximum Gasteiger partial charge on any atom is 0.306 e. The highest BCUT2D eigenvalue weighted by Crippen LogP contribution is 2.14. The molecule has 0 saturated heterocycles. The van der Waals surface area contributed by atoms with E-state index in [1.807, 2.05) is 0 Å². The molecular formula is C57H98O6. The summed E-state index contributed by atoms with van der Waals surface area (Å²) in [5.41, 5.74) is 0. The van der Waals surface area contributed by atoms with E-state index in [2.05, 4.69) is 93.7 Å². The monoisotopic (exact) mass is 879 g/mol. The summed E-state index contributed by atoms with van der Waals surface area (Å²) in [5, 5.41) is 0. The predicted octanol–water partition coefficient (Wildman–Crippen LogP) is 17.4. The molecule has 0 rings (SSSR count). The standard InChI is InChI=1S/C57H98O6/c1-4-7-10-13-16-19-22-25-27-28-30-32-35-38-41-44-47-50-56(59)62-53-54(52-61-55(58)49-46-43-40-37-34-31-24-21-18-15-12-9-6-3)63-57(60)51-48-45-42-39-36-33-29-26-23-20-17-14-11-8-5-2/h7,10,12,15-16,19,21,24-27,29,54H,4-6,8-9,11,13-14,17-18,20,22-23,28,30-53H2,1-3H3/b10-7-,15-12-,19-16-,24-21-,27-25-,29-26-. The molecule has 0 radical (unpaired) electrons. The van der Waals surface area contributed by atoms with Gasteiger partial charge in [-0.25, -0.2) is 0 Å². The SMILES string of the molecule is CC/C=C\C/C=C\C/C=C\CCCCCCCCCC(=O)OCC(COC(=O)CCCCCCC/C=C\C/C=C\CCC)OC(=O)CCCCCCC/C=C\CCCCCCCC. The van der Waals surface area contributed by atoms with Gasteiger partial charge in [0, 0.05) is 19.3 Å².